The molecule has 104 valence electrons. The van der Waals surface area contributed by atoms with Gasteiger partial charge in [0.25, 0.3) is 0 Å². The van der Waals surface area contributed by atoms with Crippen LogP contribution >= 0.6 is 0 Å². The highest BCUT2D eigenvalue weighted by atomic mass is 16.6. The highest BCUT2D eigenvalue weighted by Crippen LogP contribution is 2.09. The van der Waals surface area contributed by atoms with Crippen LogP contribution in [-0.2, 0) is 14.3 Å². The number of rotatable bonds is 5. The molecule has 0 heterocycles. The van der Waals surface area contributed by atoms with Crippen LogP contribution in [0.4, 0.5) is 4.79 Å². The number of ether oxygens (including phenoxy) is 2. The first-order valence-corrected chi connectivity index (χ1v) is 5.87. The maximum atomic E-state index is 11.6. The normalized spacial score (nSPS) is 12.5. The van der Waals surface area contributed by atoms with Crippen LogP contribution in [0.25, 0.3) is 0 Å². The van der Waals surface area contributed by atoms with Crippen molar-refractivity contribution in [1.82, 2.24) is 5.32 Å². The first-order chi connectivity index (χ1) is 8.15. The fraction of sp³-hybridized carbons (Fsp3) is 0.692. The standard InChI is InChI=1S/C13H23NO4/c1-9(2)7-8-10(11(15)17-6)14-12(16)18-13(3,4)5/h10H,1,7-8H2,2-6H3,(H,14,16). The fourth-order valence-electron chi connectivity index (χ4n) is 1.23. The van der Waals surface area contributed by atoms with Crippen molar-refractivity contribution in [3.63, 3.8) is 0 Å². The van der Waals surface area contributed by atoms with E-state index in [2.05, 4.69) is 16.6 Å². The largest absolute Gasteiger partial charge is 0.467 e. The number of alkyl carbamates (subject to hydrolysis) is 1. The van der Waals surface area contributed by atoms with E-state index in [1.165, 1.54) is 7.11 Å². The van der Waals surface area contributed by atoms with E-state index in [4.69, 9.17) is 4.74 Å². The molecule has 1 unspecified atom stereocenters. The molecular formula is C13H23NO4. The molecule has 0 aliphatic heterocycles. The second-order valence-electron chi connectivity index (χ2n) is 5.22. The maximum Gasteiger partial charge on any atom is 0.408 e. The lowest BCUT2D eigenvalue weighted by Crippen LogP contribution is -2.44. The summed E-state index contributed by atoms with van der Waals surface area (Å²) in [6.07, 6.45) is 0.455. The van der Waals surface area contributed by atoms with Gasteiger partial charge in [0, 0.05) is 0 Å². The minimum absolute atomic E-state index is 0.446. The van der Waals surface area contributed by atoms with Gasteiger partial charge in [0.15, 0.2) is 0 Å². The van der Waals surface area contributed by atoms with Crippen LogP contribution < -0.4 is 5.32 Å². The van der Waals surface area contributed by atoms with Crippen molar-refractivity contribution in [2.24, 2.45) is 0 Å². The van der Waals surface area contributed by atoms with Gasteiger partial charge in [-0.05, 0) is 40.5 Å². The summed E-state index contributed by atoms with van der Waals surface area (Å²) in [7, 11) is 1.28. The predicted molar refractivity (Wildman–Crippen MR) is 69.2 cm³/mol. The van der Waals surface area contributed by atoms with Gasteiger partial charge in [0.2, 0.25) is 0 Å². The molecule has 0 aliphatic rings. The molecule has 0 spiro atoms. The first-order valence-electron chi connectivity index (χ1n) is 5.87. The minimum atomic E-state index is -0.707. The summed E-state index contributed by atoms with van der Waals surface area (Å²) in [6, 6.07) is -0.707. The Balaban J connectivity index is 4.45. The molecular weight excluding hydrogens is 234 g/mol. The van der Waals surface area contributed by atoms with Gasteiger partial charge in [-0.25, -0.2) is 9.59 Å². The van der Waals surface area contributed by atoms with Crippen LogP contribution in [0.5, 0.6) is 0 Å². The Labute approximate surface area is 109 Å². The molecule has 0 saturated heterocycles. The van der Waals surface area contributed by atoms with Gasteiger partial charge in [-0.15, -0.1) is 6.58 Å². The molecule has 0 rings (SSSR count). The summed E-state index contributed by atoms with van der Waals surface area (Å²) in [6.45, 7) is 10.9. The number of allylic oxidation sites excluding steroid dienone is 1. The number of hydrogen-bond acceptors (Lipinski definition) is 4. The van der Waals surface area contributed by atoms with Crippen molar-refractivity contribution < 1.29 is 19.1 Å². The third-order valence-electron chi connectivity index (χ3n) is 2.04. The summed E-state index contributed by atoms with van der Waals surface area (Å²) < 4.78 is 9.73. The Morgan fingerprint density at radius 1 is 1.33 bits per heavy atom. The number of nitrogens with one attached hydrogen (secondary N) is 1. The number of carbonyl (C=O) groups is 2. The quantitative estimate of drug-likeness (QED) is 0.606. The van der Waals surface area contributed by atoms with Crippen LogP contribution in [0.2, 0.25) is 0 Å². The highest BCUT2D eigenvalue weighted by Gasteiger charge is 2.24. The van der Waals surface area contributed by atoms with E-state index < -0.39 is 23.7 Å². The second-order valence-corrected chi connectivity index (χ2v) is 5.22. The van der Waals surface area contributed by atoms with Gasteiger partial charge in [0.1, 0.15) is 11.6 Å². The van der Waals surface area contributed by atoms with Crippen molar-refractivity contribution in [2.45, 2.75) is 52.2 Å². The van der Waals surface area contributed by atoms with Crippen LogP contribution in [0.15, 0.2) is 12.2 Å². The van der Waals surface area contributed by atoms with Crippen molar-refractivity contribution >= 4 is 12.1 Å². The van der Waals surface area contributed by atoms with E-state index >= 15 is 0 Å². The molecule has 0 aliphatic carbocycles. The Hall–Kier alpha value is -1.52. The Morgan fingerprint density at radius 3 is 2.28 bits per heavy atom. The van der Waals surface area contributed by atoms with Crippen molar-refractivity contribution in [1.29, 1.82) is 0 Å². The molecule has 1 atom stereocenters. The van der Waals surface area contributed by atoms with E-state index in [9.17, 15) is 9.59 Å². The van der Waals surface area contributed by atoms with Crippen LogP contribution in [0, 0.1) is 0 Å². The molecule has 0 aromatic rings. The molecule has 1 amide bonds. The lowest BCUT2D eigenvalue weighted by Gasteiger charge is -2.22. The maximum absolute atomic E-state index is 11.6. The van der Waals surface area contributed by atoms with Crippen LogP contribution in [-0.4, -0.2) is 30.8 Å². The summed E-state index contributed by atoms with van der Waals surface area (Å²) >= 11 is 0. The van der Waals surface area contributed by atoms with Crippen molar-refractivity contribution in [2.75, 3.05) is 7.11 Å². The van der Waals surface area contributed by atoms with Gasteiger partial charge in [-0.2, -0.15) is 0 Å². The third kappa shape index (κ3) is 7.70. The Morgan fingerprint density at radius 2 is 1.89 bits per heavy atom. The zero-order chi connectivity index (χ0) is 14.3. The van der Waals surface area contributed by atoms with Gasteiger partial charge in [-0.3, -0.25) is 0 Å². The highest BCUT2D eigenvalue weighted by molar-refractivity contribution is 5.81. The monoisotopic (exact) mass is 257 g/mol. The molecule has 0 fully saturated rings. The second kappa shape index (κ2) is 7.03. The molecule has 0 bridgehead atoms. The smallest absolute Gasteiger partial charge is 0.408 e. The summed E-state index contributed by atoms with van der Waals surface area (Å²) in [4.78, 5) is 23.1. The van der Waals surface area contributed by atoms with Crippen LogP contribution in [0.1, 0.15) is 40.5 Å². The minimum Gasteiger partial charge on any atom is -0.467 e. The third-order valence-corrected chi connectivity index (χ3v) is 2.04. The first kappa shape index (κ1) is 16.5. The van der Waals surface area contributed by atoms with Gasteiger partial charge < -0.3 is 14.8 Å². The molecule has 5 heteroatoms. The molecule has 0 aromatic carbocycles. The SMILES string of the molecule is C=C(C)CCC(NC(=O)OC(C)(C)C)C(=O)OC. The Bertz CT molecular complexity index is 317. The summed E-state index contributed by atoms with van der Waals surface area (Å²) in [5, 5.41) is 2.50. The molecule has 5 nitrogen and oxygen atoms in total. The number of amides is 1. The molecule has 0 saturated carbocycles. The number of hydrogen-bond donors (Lipinski definition) is 1. The van der Waals surface area contributed by atoms with E-state index in [0.717, 1.165) is 5.57 Å². The molecule has 18 heavy (non-hydrogen) atoms. The topological polar surface area (TPSA) is 64.6 Å². The van der Waals surface area contributed by atoms with Gasteiger partial charge in [-0.1, -0.05) is 5.57 Å². The van der Waals surface area contributed by atoms with Gasteiger partial charge >= 0.3 is 12.1 Å². The zero-order valence-corrected chi connectivity index (χ0v) is 11.8. The predicted octanol–water partition coefficient (Wildman–Crippen LogP) is 2.41. The van der Waals surface area contributed by atoms with E-state index in [1.54, 1.807) is 20.8 Å². The lowest BCUT2D eigenvalue weighted by molar-refractivity contribution is -0.143. The number of esters is 1. The molecule has 0 radical (unpaired) electrons. The Kier molecular flexibility index (Phi) is 6.44. The van der Waals surface area contributed by atoms with E-state index in [1.807, 2.05) is 6.92 Å². The summed E-state index contributed by atoms with van der Waals surface area (Å²) in [5.41, 5.74) is 0.342. The average Bonchev–Trinajstić information content (AvgIpc) is 2.20. The van der Waals surface area contributed by atoms with Crippen molar-refractivity contribution in [3.05, 3.63) is 12.2 Å². The molecule has 1 N–H and O–H groups in total. The lowest BCUT2D eigenvalue weighted by atomic mass is 10.1. The van der Waals surface area contributed by atoms with Gasteiger partial charge in [0.05, 0.1) is 7.11 Å². The number of carbonyl (C=O) groups excluding carboxylic acids is 2. The van der Waals surface area contributed by atoms with E-state index in [-0.39, 0.29) is 0 Å². The molecule has 0 aromatic heterocycles. The van der Waals surface area contributed by atoms with Crippen molar-refractivity contribution in [3.8, 4) is 0 Å². The van der Waals surface area contributed by atoms with E-state index in [0.29, 0.717) is 12.8 Å². The number of methoxy groups -OCH3 is 1. The summed E-state index contributed by atoms with van der Waals surface area (Å²) in [5.74, 6) is -0.484. The van der Waals surface area contributed by atoms with Crippen LogP contribution in [0.3, 0.4) is 0 Å². The fourth-order valence-corrected chi connectivity index (χ4v) is 1.23. The zero-order valence-electron chi connectivity index (χ0n) is 11.8. The average molecular weight is 257 g/mol.